The topological polar surface area (TPSA) is 227 Å². The molecule has 0 radical (unpaired) electrons. The molecule has 4 aromatic carbocycles. The molecule has 19 heteroatoms. The number of benzene rings is 4. The Bertz CT molecular complexity index is 2660. The number of aryl methyl sites for hydroxylation is 4. The van der Waals surface area contributed by atoms with Crippen LogP contribution in [0, 0.1) is 0 Å². The third-order valence-corrected chi connectivity index (χ3v) is 16.8. The normalized spacial score (nSPS) is 19.5. The maximum absolute atomic E-state index is 14.2. The van der Waals surface area contributed by atoms with Gasteiger partial charge in [0.05, 0.1) is 24.2 Å². The van der Waals surface area contributed by atoms with Crippen molar-refractivity contribution < 1.29 is 38.4 Å². The number of likely N-dealkylation sites (tertiary alicyclic amines) is 2. The second kappa shape index (κ2) is 31.1. The van der Waals surface area contributed by atoms with Gasteiger partial charge in [-0.25, -0.2) is 0 Å². The number of halogens is 2. The molecule has 4 aromatic rings. The van der Waals surface area contributed by atoms with Crippen molar-refractivity contribution in [2.75, 3.05) is 37.8 Å². The number of fused-ring (bicyclic) bond motifs is 2. The highest BCUT2D eigenvalue weighted by atomic mass is 35.5. The number of carbonyl (C=O) groups is 8. The molecule has 2 fully saturated rings. The average Bonchev–Trinajstić information content (AvgIpc) is 4.20. The number of ketones is 1. The Hall–Kier alpha value is -6.66. The van der Waals surface area contributed by atoms with Crippen molar-refractivity contribution in [3.63, 3.8) is 0 Å². The van der Waals surface area contributed by atoms with Gasteiger partial charge >= 0.3 is 0 Å². The van der Waals surface area contributed by atoms with Gasteiger partial charge in [0.1, 0.15) is 18.1 Å². The van der Waals surface area contributed by atoms with E-state index in [0.717, 1.165) is 55.2 Å². The van der Waals surface area contributed by atoms with Crippen molar-refractivity contribution >= 4 is 83.3 Å². The van der Waals surface area contributed by atoms with Crippen molar-refractivity contribution in [1.82, 2.24) is 36.4 Å². The van der Waals surface area contributed by atoms with Crippen LogP contribution in [0.5, 0.6) is 0 Å². The van der Waals surface area contributed by atoms with Gasteiger partial charge in [0.2, 0.25) is 41.4 Å². The lowest BCUT2D eigenvalue weighted by Crippen LogP contribution is -2.55. The summed E-state index contributed by atoms with van der Waals surface area (Å²) in [6.07, 6.45) is 9.99. The second-order valence-corrected chi connectivity index (χ2v) is 22.2. The van der Waals surface area contributed by atoms with E-state index in [1.165, 1.54) is 16.7 Å². The molecule has 8 rings (SSSR count). The largest absolute Gasteiger partial charge is 0.347 e. The minimum atomic E-state index is -1.01. The van der Waals surface area contributed by atoms with E-state index in [-0.39, 0.29) is 110 Å². The zero-order valence-corrected chi connectivity index (χ0v) is 49.4. The number of nitrogens with one attached hydrogen (secondary N) is 7. The lowest BCUT2D eigenvalue weighted by Gasteiger charge is -2.32. The zero-order chi connectivity index (χ0) is 56.7. The molecule has 2 heterocycles. The molecule has 0 aromatic heterocycles. The molecule has 2 aliphatic carbocycles. The molecule has 8 atom stereocenters. The van der Waals surface area contributed by atoms with Gasteiger partial charge in [-0.3, -0.25) is 38.4 Å². The standard InChI is InChI=1S/C63H81N9O8.2ClH/c1-40(64-3)59(76)69-52(62(79)71-37-11-21-54(71)56(73)39-46-17-9-15-44-13-5-7-18-49(44)46)33-35-57(74)66-47-29-25-42(26-30-47)23-24-43-27-31-48(32-28-43)67-58(75)36-34-53(70-60(77)41(2)65-4)63(80)72-38-12-22-55(72)61(78)68-51-20-10-16-45-14-6-8-19-50(45)51;;/h5-8,13-14,18-19,25-32,40-41,46,51-55,64-65H,9-12,15-17,20-24,33-39H2,1-4H3,(H,66,74)(H,67,75)(H,68,78)(H,69,76)(H,70,77);2*1H/t40-,41-,46-,51?,52?,53?,54-,55-;;/m0../s1. The Morgan fingerprint density at radius 3 is 1.50 bits per heavy atom. The number of hydrogen-bond acceptors (Lipinski definition) is 10. The van der Waals surface area contributed by atoms with E-state index < -0.39 is 36.3 Å². The smallest absolute Gasteiger partial charge is 0.245 e. The summed E-state index contributed by atoms with van der Waals surface area (Å²) in [4.78, 5) is 112. The molecule has 4 aliphatic rings. The van der Waals surface area contributed by atoms with Crippen LogP contribution in [-0.4, -0.2) is 120 Å². The average molecular weight is 1170 g/mol. The molecule has 0 bridgehead atoms. The third-order valence-electron chi connectivity index (χ3n) is 16.8. The number of anilines is 2. The van der Waals surface area contributed by atoms with Crippen LogP contribution in [0.15, 0.2) is 97.1 Å². The van der Waals surface area contributed by atoms with Gasteiger partial charge in [-0.05, 0) is 181 Å². The van der Waals surface area contributed by atoms with Crippen molar-refractivity contribution in [1.29, 1.82) is 0 Å². The summed E-state index contributed by atoms with van der Waals surface area (Å²) in [6.45, 7) is 4.19. The molecule has 7 amide bonds. The first-order chi connectivity index (χ1) is 38.7. The van der Waals surface area contributed by atoms with Crippen molar-refractivity contribution in [2.24, 2.45) is 0 Å². The highest BCUT2D eigenvalue weighted by Gasteiger charge is 2.41. The first-order valence-electron chi connectivity index (χ1n) is 29.0. The van der Waals surface area contributed by atoms with Crippen LogP contribution >= 0.6 is 24.8 Å². The lowest BCUT2D eigenvalue weighted by atomic mass is 9.79. The summed E-state index contributed by atoms with van der Waals surface area (Å²) in [5, 5.41) is 20.6. The summed E-state index contributed by atoms with van der Waals surface area (Å²) < 4.78 is 0. The van der Waals surface area contributed by atoms with Gasteiger partial charge in [-0.1, -0.05) is 72.8 Å². The Morgan fingerprint density at radius 2 is 0.988 bits per heavy atom. The second-order valence-electron chi connectivity index (χ2n) is 22.2. The van der Waals surface area contributed by atoms with E-state index in [1.807, 2.05) is 72.8 Å². The van der Waals surface area contributed by atoms with Crippen LogP contribution in [-0.2, 0) is 64.0 Å². The fraction of sp³-hybridized carbons (Fsp3) is 0.492. The first kappa shape index (κ1) is 64.5. The SMILES string of the molecule is CN[C@@H](C)C(=O)NC(CCC(=O)Nc1ccc(CCc2ccc(NC(=O)CCC(NC(=O)[C@H](C)NC)C(=O)N3CCC[C@H]3C(=O)NC3CCCc4ccccc43)cc2)cc1)C(=O)N1CCC[C@H]1C(=O)C[C@@H]1CCCc2ccccc21.Cl.Cl. The van der Waals surface area contributed by atoms with E-state index in [9.17, 15) is 38.4 Å². The fourth-order valence-corrected chi connectivity index (χ4v) is 11.9. The van der Waals surface area contributed by atoms with Crippen LogP contribution < -0.4 is 37.2 Å². The summed E-state index contributed by atoms with van der Waals surface area (Å²) in [5.74, 6) is -2.12. The van der Waals surface area contributed by atoms with Gasteiger partial charge < -0.3 is 47.0 Å². The van der Waals surface area contributed by atoms with Crippen LogP contribution in [0.3, 0.4) is 0 Å². The number of nitrogens with zero attached hydrogens (tertiary/aromatic N) is 2. The van der Waals surface area contributed by atoms with Gasteiger partial charge in [0, 0.05) is 43.7 Å². The maximum Gasteiger partial charge on any atom is 0.245 e. The van der Waals surface area contributed by atoms with Crippen molar-refractivity contribution in [3.8, 4) is 0 Å². The summed E-state index contributed by atoms with van der Waals surface area (Å²) >= 11 is 0. The molecular formula is C63H83Cl2N9O8. The minimum Gasteiger partial charge on any atom is -0.347 e. The van der Waals surface area contributed by atoms with Gasteiger partial charge in [-0.2, -0.15) is 0 Å². The van der Waals surface area contributed by atoms with E-state index in [0.29, 0.717) is 69.4 Å². The quantitative estimate of drug-likeness (QED) is 0.0374. The highest BCUT2D eigenvalue weighted by molar-refractivity contribution is 5.97. The molecule has 442 valence electrons. The summed E-state index contributed by atoms with van der Waals surface area (Å²) in [5.41, 5.74) is 8.13. The Kier molecular flexibility index (Phi) is 24.5. The number of carbonyl (C=O) groups excluding carboxylic acids is 8. The first-order valence-corrected chi connectivity index (χ1v) is 29.0. The van der Waals surface area contributed by atoms with Gasteiger partial charge in [0.15, 0.2) is 5.78 Å². The van der Waals surface area contributed by atoms with Gasteiger partial charge in [-0.15, -0.1) is 24.8 Å². The minimum absolute atomic E-state index is 0. The molecular weight excluding hydrogens is 1080 g/mol. The van der Waals surface area contributed by atoms with E-state index in [1.54, 1.807) is 37.7 Å². The summed E-state index contributed by atoms with van der Waals surface area (Å²) in [6, 6.07) is 27.0. The third kappa shape index (κ3) is 17.0. The monoisotopic (exact) mass is 1160 g/mol. The number of rotatable bonds is 24. The molecule has 17 nitrogen and oxygen atoms in total. The summed E-state index contributed by atoms with van der Waals surface area (Å²) in [7, 11) is 3.32. The highest BCUT2D eigenvalue weighted by Crippen LogP contribution is 2.36. The molecule has 2 saturated heterocycles. The lowest BCUT2D eigenvalue weighted by molar-refractivity contribution is -0.142. The number of Topliss-reactive ketones (excluding diaryl/α,β-unsaturated/α-hetero) is 1. The molecule has 82 heavy (non-hydrogen) atoms. The van der Waals surface area contributed by atoms with Crippen molar-refractivity contribution in [2.45, 2.75) is 171 Å². The van der Waals surface area contributed by atoms with E-state index in [4.69, 9.17) is 0 Å². The predicted octanol–water partition coefficient (Wildman–Crippen LogP) is 7.19. The van der Waals surface area contributed by atoms with Crippen LogP contribution in [0.1, 0.15) is 143 Å². The Labute approximate surface area is 495 Å². The molecule has 3 unspecified atom stereocenters. The van der Waals surface area contributed by atoms with E-state index in [2.05, 4.69) is 61.5 Å². The molecule has 0 spiro atoms. The number of likely N-dealkylation sites (N-methyl/N-ethyl adjacent to an activating group) is 2. The Morgan fingerprint density at radius 1 is 0.537 bits per heavy atom. The van der Waals surface area contributed by atoms with Crippen LogP contribution in [0.25, 0.3) is 0 Å². The molecule has 2 aliphatic heterocycles. The fourth-order valence-electron chi connectivity index (χ4n) is 11.9. The molecule has 0 saturated carbocycles. The van der Waals surface area contributed by atoms with Crippen LogP contribution in [0.2, 0.25) is 0 Å². The van der Waals surface area contributed by atoms with Gasteiger partial charge in [0.25, 0.3) is 0 Å². The van der Waals surface area contributed by atoms with E-state index >= 15 is 0 Å². The maximum atomic E-state index is 14.2. The van der Waals surface area contributed by atoms with Crippen molar-refractivity contribution in [3.05, 3.63) is 130 Å². The number of hydrogen-bond donors (Lipinski definition) is 7. The molecule has 7 N–H and O–H groups in total. The zero-order valence-electron chi connectivity index (χ0n) is 47.8. The van der Waals surface area contributed by atoms with Crippen LogP contribution in [0.4, 0.5) is 11.4 Å². The Balaban J connectivity index is 0.00000541. The number of amides is 7. The predicted molar refractivity (Wildman–Crippen MR) is 323 cm³/mol.